The third-order valence-corrected chi connectivity index (χ3v) is 4.64. The lowest BCUT2D eigenvalue weighted by molar-refractivity contribution is -0.155. The molecule has 1 saturated heterocycles. The lowest BCUT2D eigenvalue weighted by Crippen LogP contribution is -2.56. The average Bonchev–Trinajstić information content (AvgIpc) is 2.42. The van der Waals surface area contributed by atoms with Crippen molar-refractivity contribution in [1.29, 1.82) is 0 Å². The molecular weight excluding hydrogens is 274 g/mol. The number of carboxylic acids is 1. The zero-order valence-electron chi connectivity index (χ0n) is 12.1. The molecule has 0 amide bonds. The summed E-state index contributed by atoms with van der Waals surface area (Å²) in [5, 5.41) is 10.3. The summed E-state index contributed by atoms with van der Waals surface area (Å²) in [6.07, 6.45) is 3.62. The molecule has 1 aromatic rings. The quantitative estimate of drug-likeness (QED) is 0.908. The first-order chi connectivity index (χ1) is 9.49. The van der Waals surface area contributed by atoms with Gasteiger partial charge < -0.3 is 5.11 Å². The molecule has 1 aromatic carbocycles. The van der Waals surface area contributed by atoms with Crippen molar-refractivity contribution in [1.82, 2.24) is 4.90 Å². The van der Waals surface area contributed by atoms with Crippen molar-refractivity contribution in [2.75, 3.05) is 6.54 Å². The van der Waals surface area contributed by atoms with Crippen LogP contribution < -0.4 is 0 Å². The van der Waals surface area contributed by atoms with Gasteiger partial charge >= 0.3 is 5.97 Å². The zero-order chi connectivity index (χ0) is 14.8. The number of carboxylic acid groups (broad SMARTS) is 1. The van der Waals surface area contributed by atoms with Crippen LogP contribution in [0.4, 0.5) is 0 Å². The second-order valence-electron chi connectivity index (χ2n) is 5.71. The number of halogens is 1. The molecule has 20 heavy (non-hydrogen) atoms. The van der Waals surface area contributed by atoms with E-state index >= 15 is 0 Å². The molecule has 1 fully saturated rings. The largest absolute Gasteiger partial charge is 0.480 e. The van der Waals surface area contributed by atoms with E-state index in [9.17, 15) is 9.90 Å². The van der Waals surface area contributed by atoms with Gasteiger partial charge in [-0.25, -0.2) is 0 Å². The summed E-state index contributed by atoms with van der Waals surface area (Å²) in [4.78, 5) is 13.9. The Balaban J connectivity index is 2.36. The molecular formula is C16H22ClNO2. The first-order valence-electron chi connectivity index (χ1n) is 7.24. The van der Waals surface area contributed by atoms with E-state index in [1.54, 1.807) is 0 Å². The minimum Gasteiger partial charge on any atom is -0.480 e. The van der Waals surface area contributed by atoms with Gasteiger partial charge in [0, 0.05) is 11.1 Å². The Morgan fingerprint density at radius 3 is 2.85 bits per heavy atom. The number of benzene rings is 1. The molecule has 1 heterocycles. The van der Waals surface area contributed by atoms with Crippen LogP contribution in [-0.2, 0) is 4.79 Å². The van der Waals surface area contributed by atoms with Gasteiger partial charge in [0.05, 0.1) is 0 Å². The van der Waals surface area contributed by atoms with E-state index in [4.69, 9.17) is 11.6 Å². The normalized spacial score (nSPS) is 25.4. The summed E-state index contributed by atoms with van der Waals surface area (Å²) in [5.74, 6) is -0.724. The van der Waals surface area contributed by atoms with E-state index in [1.165, 1.54) is 0 Å². The fourth-order valence-corrected chi connectivity index (χ4v) is 3.42. The van der Waals surface area contributed by atoms with Crippen LogP contribution in [0, 0.1) is 0 Å². The highest BCUT2D eigenvalue weighted by Gasteiger charge is 2.44. The van der Waals surface area contributed by atoms with Gasteiger partial charge in [0.25, 0.3) is 0 Å². The number of hydrogen-bond donors (Lipinski definition) is 1. The minimum absolute atomic E-state index is 0.107. The maximum atomic E-state index is 11.7. The van der Waals surface area contributed by atoms with E-state index in [0.717, 1.165) is 31.4 Å². The van der Waals surface area contributed by atoms with Gasteiger partial charge in [0.15, 0.2) is 0 Å². The molecule has 0 aromatic heterocycles. The van der Waals surface area contributed by atoms with Crippen LogP contribution in [0.2, 0.25) is 5.02 Å². The number of aliphatic carboxylic acids is 1. The molecule has 0 spiro atoms. The van der Waals surface area contributed by atoms with Gasteiger partial charge in [-0.3, -0.25) is 9.69 Å². The van der Waals surface area contributed by atoms with Crippen molar-refractivity contribution in [2.24, 2.45) is 0 Å². The molecule has 3 nitrogen and oxygen atoms in total. The second kappa shape index (κ2) is 6.15. The van der Waals surface area contributed by atoms with Crippen molar-refractivity contribution >= 4 is 17.6 Å². The Morgan fingerprint density at radius 1 is 1.50 bits per heavy atom. The number of rotatable bonds is 4. The van der Waals surface area contributed by atoms with Crippen molar-refractivity contribution in [3.8, 4) is 0 Å². The average molecular weight is 296 g/mol. The third kappa shape index (κ3) is 2.84. The van der Waals surface area contributed by atoms with Crippen molar-refractivity contribution in [2.45, 2.75) is 51.1 Å². The van der Waals surface area contributed by atoms with Crippen LogP contribution in [0.15, 0.2) is 24.3 Å². The molecule has 110 valence electrons. The SMILES string of the molecule is CCC(c1cccc(Cl)c1)N1CCCCC1(C)C(=O)O. The summed E-state index contributed by atoms with van der Waals surface area (Å²) >= 11 is 6.08. The standard InChI is InChI=1S/C16H22ClNO2/c1-3-14(12-7-6-8-13(17)11-12)18-10-5-4-9-16(18,2)15(19)20/h6-8,11,14H,3-5,9-10H2,1-2H3,(H,19,20). The monoisotopic (exact) mass is 295 g/mol. The van der Waals surface area contributed by atoms with Gasteiger partial charge in [-0.1, -0.05) is 30.7 Å². The summed E-state index contributed by atoms with van der Waals surface area (Å²) in [6, 6.07) is 7.88. The van der Waals surface area contributed by atoms with Gasteiger partial charge in [-0.2, -0.15) is 0 Å². The predicted octanol–water partition coefficient (Wildman–Crippen LogP) is 4.12. The zero-order valence-corrected chi connectivity index (χ0v) is 12.9. The molecule has 1 N–H and O–H groups in total. The molecule has 1 aliphatic heterocycles. The Morgan fingerprint density at radius 2 is 2.25 bits per heavy atom. The van der Waals surface area contributed by atoms with Gasteiger partial charge in [-0.05, 0) is 56.8 Å². The number of nitrogens with zero attached hydrogens (tertiary/aromatic N) is 1. The molecule has 2 rings (SSSR count). The molecule has 0 bridgehead atoms. The summed E-state index contributed by atoms with van der Waals surface area (Å²) in [7, 11) is 0. The van der Waals surface area contributed by atoms with Crippen LogP contribution in [0.25, 0.3) is 0 Å². The minimum atomic E-state index is -0.777. The molecule has 2 atom stereocenters. The Bertz CT molecular complexity index is 491. The van der Waals surface area contributed by atoms with Crippen LogP contribution >= 0.6 is 11.6 Å². The van der Waals surface area contributed by atoms with Gasteiger partial charge in [-0.15, -0.1) is 0 Å². The van der Waals surface area contributed by atoms with Crippen LogP contribution in [0.3, 0.4) is 0 Å². The maximum Gasteiger partial charge on any atom is 0.323 e. The van der Waals surface area contributed by atoms with E-state index in [0.29, 0.717) is 11.4 Å². The van der Waals surface area contributed by atoms with Crippen molar-refractivity contribution < 1.29 is 9.90 Å². The highest BCUT2D eigenvalue weighted by atomic mass is 35.5. The molecule has 2 unspecified atom stereocenters. The van der Waals surface area contributed by atoms with E-state index in [2.05, 4.69) is 11.8 Å². The van der Waals surface area contributed by atoms with Crippen LogP contribution in [-0.4, -0.2) is 28.1 Å². The number of hydrogen-bond acceptors (Lipinski definition) is 2. The highest BCUT2D eigenvalue weighted by molar-refractivity contribution is 6.30. The Hall–Kier alpha value is -1.06. The van der Waals surface area contributed by atoms with E-state index < -0.39 is 11.5 Å². The summed E-state index contributed by atoms with van der Waals surface area (Å²) in [5.41, 5.74) is 0.329. The molecule has 0 aliphatic carbocycles. The fourth-order valence-electron chi connectivity index (χ4n) is 3.22. The maximum absolute atomic E-state index is 11.7. The molecule has 1 aliphatic rings. The number of carbonyl (C=O) groups is 1. The second-order valence-corrected chi connectivity index (χ2v) is 6.14. The van der Waals surface area contributed by atoms with Crippen LogP contribution in [0.1, 0.15) is 51.1 Å². The Kier molecular flexibility index (Phi) is 4.71. The lowest BCUT2D eigenvalue weighted by atomic mass is 9.85. The topological polar surface area (TPSA) is 40.5 Å². The van der Waals surface area contributed by atoms with Crippen molar-refractivity contribution in [3.05, 3.63) is 34.9 Å². The van der Waals surface area contributed by atoms with Gasteiger partial charge in [0.1, 0.15) is 5.54 Å². The van der Waals surface area contributed by atoms with E-state index in [1.807, 2.05) is 31.2 Å². The van der Waals surface area contributed by atoms with Crippen LogP contribution in [0.5, 0.6) is 0 Å². The highest BCUT2D eigenvalue weighted by Crippen LogP contribution is 2.38. The molecule has 0 saturated carbocycles. The summed E-state index contributed by atoms with van der Waals surface area (Å²) < 4.78 is 0. The van der Waals surface area contributed by atoms with Crippen molar-refractivity contribution in [3.63, 3.8) is 0 Å². The van der Waals surface area contributed by atoms with E-state index in [-0.39, 0.29) is 6.04 Å². The predicted molar refractivity (Wildman–Crippen MR) is 81.1 cm³/mol. The van der Waals surface area contributed by atoms with Gasteiger partial charge in [0.2, 0.25) is 0 Å². The lowest BCUT2D eigenvalue weighted by Gasteiger charge is -2.46. The molecule has 0 radical (unpaired) electrons. The number of piperidine rings is 1. The Labute approximate surface area is 125 Å². The fraction of sp³-hybridized carbons (Fsp3) is 0.562. The molecule has 4 heteroatoms. The first-order valence-corrected chi connectivity index (χ1v) is 7.62. The smallest absolute Gasteiger partial charge is 0.323 e. The third-order valence-electron chi connectivity index (χ3n) is 4.40. The summed E-state index contributed by atoms with van der Waals surface area (Å²) in [6.45, 7) is 4.78. The number of likely N-dealkylation sites (tertiary alicyclic amines) is 1. The first kappa shape index (κ1) is 15.3.